The van der Waals surface area contributed by atoms with Crippen molar-refractivity contribution in [2.45, 2.75) is 11.8 Å². The second-order valence-corrected chi connectivity index (χ2v) is 6.01. The van der Waals surface area contributed by atoms with Gasteiger partial charge in [-0.3, -0.25) is 0 Å². The van der Waals surface area contributed by atoms with Gasteiger partial charge < -0.3 is 5.73 Å². The zero-order valence-corrected chi connectivity index (χ0v) is 12.0. The van der Waals surface area contributed by atoms with Crippen molar-refractivity contribution in [3.05, 3.63) is 69.7 Å². The number of hydrogen-bond acceptors (Lipinski definition) is 1. The maximum absolute atomic E-state index is 6.15. The molecule has 1 aliphatic carbocycles. The molecule has 1 nitrogen and oxygen atoms in total. The standard InChI is InChI=1S/C16H15Cl2N/c17-14-6-12(7-15(18)8-14)16(9-13(16)10-19)11-4-2-1-3-5-11/h1-8,13H,9-10,19H2. The smallest absolute Gasteiger partial charge is 0.0423 e. The van der Waals surface area contributed by atoms with E-state index in [9.17, 15) is 0 Å². The molecule has 3 rings (SSSR count). The summed E-state index contributed by atoms with van der Waals surface area (Å²) < 4.78 is 0. The van der Waals surface area contributed by atoms with Crippen LogP contribution in [0.15, 0.2) is 48.5 Å². The Morgan fingerprint density at radius 1 is 1.00 bits per heavy atom. The number of rotatable bonds is 3. The highest BCUT2D eigenvalue weighted by Crippen LogP contribution is 2.58. The maximum Gasteiger partial charge on any atom is 0.0423 e. The van der Waals surface area contributed by atoms with E-state index in [1.807, 2.05) is 18.2 Å². The van der Waals surface area contributed by atoms with E-state index in [1.54, 1.807) is 6.07 Å². The Morgan fingerprint density at radius 3 is 2.16 bits per heavy atom. The van der Waals surface area contributed by atoms with Crippen molar-refractivity contribution in [2.24, 2.45) is 11.7 Å². The Kier molecular flexibility index (Phi) is 3.30. The molecule has 2 aromatic rings. The fourth-order valence-electron chi connectivity index (χ4n) is 3.03. The van der Waals surface area contributed by atoms with Gasteiger partial charge in [-0.15, -0.1) is 0 Å². The summed E-state index contributed by atoms with van der Waals surface area (Å²) >= 11 is 12.3. The summed E-state index contributed by atoms with van der Waals surface area (Å²) in [5.74, 6) is 0.462. The van der Waals surface area contributed by atoms with Crippen LogP contribution in [-0.4, -0.2) is 6.54 Å². The van der Waals surface area contributed by atoms with E-state index in [2.05, 4.69) is 24.3 Å². The van der Waals surface area contributed by atoms with Gasteiger partial charge in [0, 0.05) is 15.5 Å². The third-order valence-electron chi connectivity index (χ3n) is 4.06. The Bertz CT molecular complexity index is 577. The van der Waals surface area contributed by atoms with Crippen LogP contribution in [0.4, 0.5) is 0 Å². The molecule has 1 fully saturated rings. The third-order valence-corrected chi connectivity index (χ3v) is 4.49. The molecular formula is C16H15Cl2N. The minimum absolute atomic E-state index is 0.00937. The van der Waals surface area contributed by atoms with Gasteiger partial charge in [-0.25, -0.2) is 0 Å². The molecule has 2 unspecified atom stereocenters. The number of nitrogens with two attached hydrogens (primary N) is 1. The van der Waals surface area contributed by atoms with Crippen LogP contribution >= 0.6 is 23.2 Å². The molecule has 0 amide bonds. The fourth-order valence-corrected chi connectivity index (χ4v) is 3.56. The molecule has 98 valence electrons. The van der Waals surface area contributed by atoms with Crippen molar-refractivity contribution in [1.82, 2.24) is 0 Å². The summed E-state index contributed by atoms with van der Waals surface area (Å²) in [6, 6.07) is 16.3. The molecule has 0 spiro atoms. The lowest BCUT2D eigenvalue weighted by Crippen LogP contribution is -2.17. The summed E-state index contributed by atoms with van der Waals surface area (Å²) in [6.45, 7) is 0.680. The van der Waals surface area contributed by atoms with Crippen molar-refractivity contribution in [3.8, 4) is 0 Å². The largest absolute Gasteiger partial charge is 0.330 e. The van der Waals surface area contributed by atoms with Gasteiger partial charge in [0.25, 0.3) is 0 Å². The Hall–Kier alpha value is -1.02. The van der Waals surface area contributed by atoms with E-state index in [1.165, 1.54) is 11.1 Å². The number of hydrogen-bond donors (Lipinski definition) is 1. The molecule has 2 N–H and O–H groups in total. The zero-order chi connectivity index (χ0) is 13.5. The van der Waals surface area contributed by atoms with Gasteiger partial charge in [0.2, 0.25) is 0 Å². The molecule has 1 aliphatic rings. The second kappa shape index (κ2) is 4.82. The van der Waals surface area contributed by atoms with Crippen molar-refractivity contribution >= 4 is 23.2 Å². The Balaban J connectivity index is 2.12. The Labute approximate surface area is 123 Å². The van der Waals surface area contributed by atoms with Crippen LogP contribution in [0.2, 0.25) is 10.0 Å². The van der Waals surface area contributed by atoms with E-state index >= 15 is 0 Å². The number of halogens is 2. The first-order valence-corrected chi connectivity index (χ1v) is 7.14. The van der Waals surface area contributed by atoms with Crippen molar-refractivity contribution < 1.29 is 0 Å². The normalized spacial score (nSPS) is 25.3. The topological polar surface area (TPSA) is 26.0 Å². The monoisotopic (exact) mass is 291 g/mol. The first-order valence-electron chi connectivity index (χ1n) is 6.39. The van der Waals surface area contributed by atoms with Crippen LogP contribution in [0.25, 0.3) is 0 Å². The molecule has 0 heterocycles. The van der Waals surface area contributed by atoms with Gasteiger partial charge in [-0.2, -0.15) is 0 Å². The van der Waals surface area contributed by atoms with Crippen molar-refractivity contribution in [2.75, 3.05) is 6.54 Å². The highest BCUT2D eigenvalue weighted by Gasteiger charge is 2.55. The van der Waals surface area contributed by atoms with Crippen LogP contribution < -0.4 is 5.73 Å². The minimum Gasteiger partial charge on any atom is -0.330 e. The lowest BCUT2D eigenvalue weighted by Gasteiger charge is -2.19. The molecule has 2 atom stereocenters. The minimum atomic E-state index is -0.00937. The van der Waals surface area contributed by atoms with Gasteiger partial charge in [0.15, 0.2) is 0 Å². The maximum atomic E-state index is 6.15. The average molecular weight is 292 g/mol. The van der Waals surface area contributed by atoms with Gasteiger partial charge in [0.05, 0.1) is 0 Å². The summed E-state index contributed by atoms with van der Waals surface area (Å²) in [6.07, 6.45) is 1.06. The van der Waals surface area contributed by atoms with E-state index < -0.39 is 0 Å². The molecule has 2 aromatic carbocycles. The van der Waals surface area contributed by atoms with Gasteiger partial charge in [-0.1, -0.05) is 53.5 Å². The van der Waals surface area contributed by atoms with Gasteiger partial charge in [0.1, 0.15) is 0 Å². The molecular weight excluding hydrogens is 277 g/mol. The van der Waals surface area contributed by atoms with Crippen LogP contribution in [0, 0.1) is 5.92 Å². The summed E-state index contributed by atoms with van der Waals surface area (Å²) in [7, 11) is 0. The molecule has 0 aliphatic heterocycles. The SMILES string of the molecule is NCC1CC1(c1ccccc1)c1cc(Cl)cc(Cl)c1. The van der Waals surface area contributed by atoms with Crippen molar-refractivity contribution in [3.63, 3.8) is 0 Å². The van der Waals surface area contributed by atoms with E-state index in [4.69, 9.17) is 28.9 Å². The van der Waals surface area contributed by atoms with Gasteiger partial charge in [-0.05, 0) is 48.2 Å². The molecule has 0 bridgehead atoms. The molecule has 3 heteroatoms. The molecule has 1 saturated carbocycles. The fraction of sp³-hybridized carbons (Fsp3) is 0.250. The first kappa shape index (κ1) is 13.0. The van der Waals surface area contributed by atoms with Crippen LogP contribution in [0.3, 0.4) is 0 Å². The molecule has 0 radical (unpaired) electrons. The lowest BCUT2D eigenvalue weighted by molar-refractivity contribution is 0.703. The van der Waals surface area contributed by atoms with E-state index in [-0.39, 0.29) is 5.41 Å². The average Bonchev–Trinajstić information content (AvgIpc) is 3.14. The Morgan fingerprint density at radius 2 is 1.63 bits per heavy atom. The van der Waals surface area contributed by atoms with Crippen LogP contribution in [-0.2, 0) is 5.41 Å². The van der Waals surface area contributed by atoms with Crippen LogP contribution in [0.1, 0.15) is 17.5 Å². The molecule has 0 aromatic heterocycles. The molecule has 19 heavy (non-hydrogen) atoms. The predicted octanol–water partition coefficient (Wildman–Crippen LogP) is 4.26. The van der Waals surface area contributed by atoms with E-state index in [0.717, 1.165) is 6.42 Å². The highest BCUT2D eigenvalue weighted by atomic mass is 35.5. The first-order chi connectivity index (χ1) is 9.16. The second-order valence-electron chi connectivity index (χ2n) is 5.13. The number of benzene rings is 2. The third kappa shape index (κ3) is 2.16. The van der Waals surface area contributed by atoms with Gasteiger partial charge >= 0.3 is 0 Å². The van der Waals surface area contributed by atoms with Crippen LogP contribution in [0.5, 0.6) is 0 Å². The lowest BCUT2D eigenvalue weighted by atomic mass is 9.86. The summed E-state index contributed by atoms with van der Waals surface area (Å²) in [5, 5.41) is 1.36. The summed E-state index contributed by atoms with van der Waals surface area (Å²) in [5.41, 5.74) is 8.35. The highest BCUT2D eigenvalue weighted by molar-refractivity contribution is 6.34. The quantitative estimate of drug-likeness (QED) is 0.898. The van der Waals surface area contributed by atoms with E-state index in [0.29, 0.717) is 22.5 Å². The zero-order valence-electron chi connectivity index (χ0n) is 10.4. The summed E-state index contributed by atoms with van der Waals surface area (Å²) in [4.78, 5) is 0. The predicted molar refractivity (Wildman–Crippen MR) is 80.8 cm³/mol. The van der Waals surface area contributed by atoms with Crippen molar-refractivity contribution in [1.29, 1.82) is 0 Å². The molecule has 0 saturated heterocycles.